The Balaban J connectivity index is 2.03. The number of carbonyl (C=O) groups excluding carboxylic acids is 1. The van der Waals surface area contributed by atoms with Crippen LogP contribution in [0.3, 0.4) is 0 Å². The van der Waals surface area contributed by atoms with Crippen LogP contribution in [-0.2, 0) is 17.9 Å². The van der Waals surface area contributed by atoms with Crippen molar-refractivity contribution in [1.82, 2.24) is 20.5 Å². The molecule has 146 valence electrons. The van der Waals surface area contributed by atoms with Crippen LogP contribution in [0, 0.1) is 13.8 Å². The van der Waals surface area contributed by atoms with E-state index in [1.165, 1.54) is 4.90 Å². The van der Waals surface area contributed by atoms with Crippen molar-refractivity contribution in [3.8, 4) is 5.75 Å². The zero-order valence-corrected chi connectivity index (χ0v) is 16.5. The number of likely N-dealkylation sites (N-methyl/N-ethyl adjacent to an activating group) is 1. The summed E-state index contributed by atoms with van der Waals surface area (Å²) in [6.45, 7) is 4.75. The van der Waals surface area contributed by atoms with Gasteiger partial charge in [-0.05, 0) is 31.5 Å². The second-order valence-electron chi connectivity index (χ2n) is 6.26. The Morgan fingerprint density at radius 2 is 1.93 bits per heavy atom. The van der Waals surface area contributed by atoms with E-state index in [0.29, 0.717) is 24.9 Å². The number of nitrogens with zero attached hydrogens (tertiary/aromatic N) is 3. The number of hydrogen-bond donors (Lipinski definition) is 2. The summed E-state index contributed by atoms with van der Waals surface area (Å²) in [6.07, 6.45) is 0. The monoisotopic (exact) mass is 373 g/mol. The van der Waals surface area contributed by atoms with E-state index in [9.17, 15) is 4.79 Å². The SMILES string of the molecule is COc1ccc(CN=C(NCC(=O)N(C)C)NCc2nc(C)c(C)o2)cc1. The van der Waals surface area contributed by atoms with Crippen LogP contribution in [0.25, 0.3) is 0 Å². The van der Waals surface area contributed by atoms with Crippen molar-refractivity contribution in [2.45, 2.75) is 26.9 Å². The van der Waals surface area contributed by atoms with Gasteiger partial charge in [-0.1, -0.05) is 12.1 Å². The first-order valence-electron chi connectivity index (χ1n) is 8.67. The minimum Gasteiger partial charge on any atom is -0.497 e. The molecule has 0 aliphatic carbocycles. The molecule has 2 N–H and O–H groups in total. The van der Waals surface area contributed by atoms with Gasteiger partial charge in [0.15, 0.2) is 5.96 Å². The number of oxazole rings is 1. The maximum atomic E-state index is 11.9. The highest BCUT2D eigenvalue weighted by Crippen LogP contribution is 2.12. The third-order valence-corrected chi connectivity index (χ3v) is 3.96. The van der Waals surface area contributed by atoms with Gasteiger partial charge in [0.2, 0.25) is 11.8 Å². The van der Waals surface area contributed by atoms with Gasteiger partial charge in [-0.25, -0.2) is 9.98 Å². The number of amides is 1. The van der Waals surface area contributed by atoms with E-state index in [2.05, 4.69) is 20.6 Å². The largest absolute Gasteiger partial charge is 0.497 e. The fourth-order valence-corrected chi connectivity index (χ4v) is 2.17. The molecule has 2 rings (SSSR count). The highest BCUT2D eigenvalue weighted by molar-refractivity contribution is 5.86. The summed E-state index contributed by atoms with van der Waals surface area (Å²) in [5.74, 6) is 2.62. The van der Waals surface area contributed by atoms with Crippen molar-refractivity contribution in [2.24, 2.45) is 4.99 Å². The Hall–Kier alpha value is -3.03. The number of nitrogens with one attached hydrogen (secondary N) is 2. The summed E-state index contributed by atoms with van der Waals surface area (Å²) >= 11 is 0. The fraction of sp³-hybridized carbons (Fsp3) is 0.421. The van der Waals surface area contributed by atoms with Crippen molar-refractivity contribution in [2.75, 3.05) is 27.7 Å². The first kappa shape index (κ1) is 20.3. The smallest absolute Gasteiger partial charge is 0.241 e. The van der Waals surface area contributed by atoms with Gasteiger partial charge in [0.05, 0.1) is 32.4 Å². The number of rotatable bonds is 7. The molecule has 0 spiro atoms. The third-order valence-electron chi connectivity index (χ3n) is 3.96. The fourth-order valence-electron chi connectivity index (χ4n) is 2.17. The van der Waals surface area contributed by atoms with E-state index in [1.807, 2.05) is 38.1 Å². The lowest BCUT2D eigenvalue weighted by molar-refractivity contribution is -0.127. The normalized spacial score (nSPS) is 11.2. The van der Waals surface area contributed by atoms with Gasteiger partial charge in [-0.3, -0.25) is 4.79 Å². The number of aryl methyl sites for hydroxylation is 2. The Morgan fingerprint density at radius 3 is 2.48 bits per heavy atom. The van der Waals surface area contributed by atoms with Crippen molar-refractivity contribution >= 4 is 11.9 Å². The summed E-state index contributed by atoms with van der Waals surface area (Å²) in [5.41, 5.74) is 1.89. The van der Waals surface area contributed by atoms with Crippen molar-refractivity contribution in [3.05, 3.63) is 47.2 Å². The predicted octanol–water partition coefficient (Wildman–Crippen LogP) is 1.62. The van der Waals surface area contributed by atoms with Gasteiger partial charge in [0.1, 0.15) is 11.5 Å². The van der Waals surface area contributed by atoms with Gasteiger partial charge < -0.3 is 24.7 Å². The van der Waals surface area contributed by atoms with Gasteiger partial charge >= 0.3 is 0 Å². The van der Waals surface area contributed by atoms with E-state index < -0.39 is 0 Å². The summed E-state index contributed by atoms with van der Waals surface area (Å²) in [7, 11) is 5.06. The molecule has 27 heavy (non-hydrogen) atoms. The number of methoxy groups -OCH3 is 1. The zero-order chi connectivity index (χ0) is 19.8. The lowest BCUT2D eigenvalue weighted by Crippen LogP contribution is -2.42. The molecular formula is C19H27N5O3. The van der Waals surface area contributed by atoms with Gasteiger partial charge in [-0.15, -0.1) is 0 Å². The molecule has 0 fully saturated rings. The molecule has 0 aliphatic rings. The number of guanidine groups is 1. The van der Waals surface area contributed by atoms with E-state index in [0.717, 1.165) is 22.8 Å². The first-order valence-corrected chi connectivity index (χ1v) is 8.67. The summed E-state index contributed by atoms with van der Waals surface area (Å²) in [5, 5.41) is 6.19. The standard InChI is InChI=1S/C19H27N5O3/c1-13-14(2)27-17(23-13)11-21-19(22-12-18(25)24(3)4)20-10-15-6-8-16(26-5)9-7-15/h6-9H,10-12H2,1-5H3,(H2,20,21,22). The molecule has 0 atom stereocenters. The summed E-state index contributed by atoms with van der Waals surface area (Å²) in [6, 6.07) is 7.68. The molecule has 2 aromatic rings. The van der Waals surface area contributed by atoms with Gasteiger partial charge in [-0.2, -0.15) is 0 Å². The Labute approximate surface area is 159 Å². The third kappa shape index (κ3) is 6.32. The van der Waals surface area contributed by atoms with Crippen molar-refractivity contribution < 1.29 is 13.9 Å². The average Bonchev–Trinajstić information content (AvgIpc) is 2.98. The zero-order valence-electron chi connectivity index (χ0n) is 16.5. The molecule has 1 heterocycles. The molecule has 8 nitrogen and oxygen atoms in total. The predicted molar refractivity (Wildman–Crippen MR) is 104 cm³/mol. The number of aliphatic imine (C=N–C) groups is 1. The van der Waals surface area contributed by atoms with Crippen LogP contribution in [0.15, 0.2) is 33.7 Å². The molecule has 1 aromatic heterocycles. The molecule has 0 radical (unpaired) electrons. The van der Waals surface area contributed by atoms with Crippen LogP contribution in [0.1, 0.15) is 22.9 Å². The van der Waals surface area contributed by atoms with Crippen LogP contribution < -0.4 is 15.4 Å². The molecule has 0 saturated carbocycles. The van der Waals surface area contributed by atoms with Gasteiger partial charge in [0.25, 0.3) is 0 Å². The molecule has 0 aliphatic heterocycles. The highest BCUT2D eigenvalue weighted by atomic mass is 16.5. The number of carbonyl (C=O) groups is 1. The quantitative estimate of drug-likeness (QED) is 0.566. The maximum absolute atomic E-state index is 11.9. The number of aromatic nitrogens is 1. The van der Waals surface area contributed by atoms with Crippen LogP contribution in [0.4, 0.5) is 0 Å². The minimum absolute atomic E-state index is 0.0447. The number of benzene rings is 1. The number of hydrogen-bond acceptors (Lipinski definition) is 5. The summed E-state index contributed by atoms with van der Waals surface area (Å²) < 4.78 is 10.7. The second-order valence-corrected chi connectivity index (χ2v) is 6.26. The van der Waals surface area contributed by atoms with E-state index in [-0.39, 0.29) is 12.5 Å². The van der Waals surface area contributed by atoms with E-state index >= 15 is 0 Å². The molecule has 1 amide bonds. The van der Waals surface area contributed by atoms with Crippen molar-refractivity contribution in [3.63, 3.8) is 0 Å². The Morgan fingerprint density at radius 1 is 1.22 bits per heavy atom. The highest BCUT2D eigenvalue weighted by Gasteiger charge is 2.09. The lowest BCUT2D eigenvalue weighted by atomic mass is 10.2. The van der Waals surface area contributed by atoms with Crippen LogP contribution >= 0.6 is 0 Å². The average molecular weight is 373 g/mol. The maximum Gasteiger partial charge on any atom is 0.241 e. The van der Waals surface area contributed by atoms with E-state index in [1.54, 1.807) is 21.2 Å². The van der Waals surface area contributed by atoms with Crippen molar-refractivity contribution in [1.29, 1.82) is 0 Å². The molecule has 0 saturated heterocycles. The molecule has 1 aromatic carbocycles. The second kappa shape index (κ2) is 9.61. The molecule has 0 bridgehead atoms. The minimum atomic E-state index is -0.0447. The molecular weight excluding hydrogens is 346 g/mol. The topological polar surface area (TPSA) is 92.0 Å². The van der Waals surface area contributed by atoms with Crippen LogP contribution in [0.2, 0.25) is 0 Å². The van der Waals surface area contributed by atoms with E-state index in [4.69, 9.17) is 9.15 Å². The Bertz CT molecular complexity index is 762. The van der Waals surface area contributed by atoms with Crippen LogP contribution in [-0.4, -0.2) is 49.5 Å². The Kier molecular flexibility index (Phi) is 7.22. The summed E-state index contributed by atoms with van der Waals surface area (Å²) in [4.78, 5) is 22.3. The van der Waals surface area contributed by atoms with Gasteiger partial charge in [0, 0.05) is 14.1 Å². The molecule has 8 heteroatoms. The number of ether oxygens (including phenoxy) is 1. The molecule has 0 unspecified atom stereocenters. The first-order chi connectivity index (χ1) is 12.9. The van der Waals surface area contributed by atoms with Crippen LogP contribution in [0.5, 0.6) is 5.75 Å². The lowest BCUT2D eigenvalue weighted by Gasteiger charge is -2.14.